The van der Waals surface area contributed by atoms with E-state index in [-0.39, 0.29) is 11.2 Å². The van der Waals surface area contributed by atoms with Crippen LogP contribution in [-0.2, 0) is 15.3 Å². The van der Waals surface area contributed by atoms with Crippen LogP contribution in [0.1, 0.15) is 16.4 Å². The standard InChI is InChI=1S/C20H20N2O2S2/c23-19(22-10-12-24-13-11-22)18(15-6-2-1-3-7-15)26-20-21-17-9-5-4-8-16(17)14-25-20/h1-9,18H,10-14H2/t18-/m0/s1. The van der Waals surface area contributed by atoms with Gasteiger partial charge in [-0.2, -0.15) is 0 Å². The molecule has 2 aromatic rings. The minimum absolute atomic E-state index is 0.145. The first-order valence-electron chi connectivity index (χ1n) is 8.69. The summed E-state index contributed by atoms with van der Waals surface area (Å²) in [5.41, 5.74) is 3.29. The Morgan fingerprint density at radius 3 is 2.62 bits per heavy atom. The van der Waals surface area contributed by atoms with E-state index in [2.05, 4.69) is 6.07 Å². The van der Waals surface area contributed by atoms with Crippen molar-refractivity contribution < 1.29 is 9.53 Å². The van der Waals surface area contributed by atoms with Gasteiger partial charge in [0.25, 0.3) is 0 Å². The van der Waals surface area contributed by atoms with Crippen LogP contribution in [0.4, 0.5) is 5.69 Å². The van der Waals surface area contributed by atoms with Crippen molar-refractivity contribution in [1.29, 1.82) is 0 Å². The molecule has 0 saturated carbocycles. The van der Waals surface area contributed by atoms with Crippen LogP contribution >= 0.6 is 23.5 Å². The van der Waals surface area contributed by atoms with E-state index in [1.807, 2.05) is 53.4 Å². The third-order valence-corrected chi connectivity index (χ3v) is 6.86. The second kappa shape index (κ2) is 8.29. The second-order valence-electron chi connectivity index (χ2n) is 6.14. The molecule has 0 aromatic heterocycles. The molecule has 1 atom stereocenters. The van der Waals surface area contributed by atoms with Crippen LogP contribution in [0.25, 0.3) is 0 Å². The van der Waals surface area contributed by atoms with Gasteiger partial charge in [0.1, 0.15) is 9.63 Å². The first kappa shape index (κ1) is 17.6. The number of carbonyl (C=O) groups excluding carboxylic acids is 1. The van der Waals surface area contributed by atoms with E-state index in [0.717, 1.165) is 21.4 Å². The van der Waals surface area contributed by atoms with Crippen molar-refractivity contribution in [3.05, 3.63) is 65.7 Å². The number of hydrogen-bond acceptors (Lipinski definition) is 5. The van der Waals surface area contributed by atoms with E-state index in [1.165, 1.54) is 5.56 Å². The maximum absolute atomic E-state index is 13.2. The number of ether oxygens (including phenoxy) is 1. The Bertz CT molecular complexity index is 804. The van der Waals surface area contributed by atoms with Gasteiger partial charge in [-0.05, 0) is 17.2 Å². The van der Waals surface area contributed by atoms with Crippen LogP contribution < -0.4 is 0 Å². The maximum atomic E-state index is 13.2. The van der Waals surface area contributed by atoms with Gasteiger partial charge >= 0.3 is 0 Å². The molecular formula is C20H20N2O2S2. The van der Waals surface area contributed by atoms with Crippen LogP contribution in [0.15, 0.2) is 59.6 Å². The lowest BCUT2D eigenvalue weighted by Crippen LogP contribution is -2.42. The minimum Gasteiger partial charge on any atom is -0.378 e. The summed E-state index contributed by atoms with van der Waals surface area (Å²) in [6.07, 6.45) is 0. The number of amides is 1. The molecule has 1 amide bonds. The van der Waals surface area contributed by atoms with Gasteiger partial charge in [-0.25, -0.2) is 4.99 Å². The molecule has 0 unspecified atom stereocenters. The molecule has 1 saturated heterocycles. The Kier molecular flexibility index (Phi) is 5.62. The van der Waals surface area contributed by atoms with Crippen molar-refractivity contribution in [2.75, 3.05) is 26.3 Å². The average Bonchev–Trinajstić information content (AvgIpc) is 2.73. The summed E-state index contributed by atoms with van der Waals surface area (Å²) in [5, 5.41) is -0.272. The highest BCUT2D eigenvalue weighted by atomic mass is 32.2. The molecule has 0 bridgehead atoms. The van der Waals surface area contributed by atoms with Crippen LogP contribution in [-0.4, -0.2) is 41.5 Å². The summed E-state index contributed by atoms with van der Waals surface area (Å²) in [7, 11) is 0. The molecule has 4 nitrogen and oxygen atoms in total. The van der Waals surface area contributed by atoms with Crippen molar-refractivity contribution in [1.82, 2.24) is 4.90 Å². The summed E-state index contributed by atoms with van der Waals surface area (Å²) in [6, 6.07) is 18.2. The number of aliphatic imine (C=N–C) groups is 1. The molecule has 2 aliphatic heterocycles. The lowest BCUT2D eigenvalue weighted by Gasteiger charge is -2.30. The SMILES string of the molecule is O=C([C@@H](SC1=Nc2ccccc2CS1)c1ccccc1)N1CCOCC1. The highest BCUT2D eigenvalue weighted by molar-refractivity contribution is 8.38. The molecule has 2 aliphatic rings. The zero-order valence-corrected chi connectivity index (χ0v) is 16.0. The third-order valence-electron chi connectivity index (χ3n) is 4.42. The van der Waals surface area contributed by atoms with Gasteiger partial charge < -0.3 is 9.64 Å². The lowest BCUT2D eigenvalue weighted by atomic mass is 10.1. The van der Waals surface area contributed by atoms with Crippen molar-refractivity contribution in [2.45, 2.75) is 11.0 Å². The van der Waals surface area contributed by atoms with E-state index in [4.69, 9.17) is 9.73 Å². The predicted molar refractivity (Wildman–Crippen MR) is 109 cm³/mol. The number of hydrogen-bond donors (Lipinski definition) is 0. The van der Waals surface area contributed by atoms with Crippen molar-refractivity contribution in [2.24, 2.45) is 4.99 Å². The van der Waals surface area contributed by atoms with Crippen LogP contribution in [0.2, 0.25) is 0 Å². The fourth-order valence-corrected chi connectivity index (χ4v) is 5.33. The molecule has 4 rings (SSSR count). The monoisotopic (exact) mass is 384 g/mol. The molecule has 6 heteroatoms. The summed E-state index contributed by atoms with van der Waals surface area (Å²) < 4.78 is 6.35. The van der Waals surface area contributed by atoms with Crippen LogP contribution in [0, 0.1) is 0 Å². The van der Waals surface area contributed by atoms with Gasteiger partial charge in [-0.1, -0.05) is 72.1 Å². The summed E-state index contributed by atoms with van der Waals surface area (Å²) in [6.45, 7) is 2.54. The summed E-state index contributed by atoms with van der Waals surface area (Å²) >= 11 is 3.28. The predicted octanol–water partition coefficient (Wildman–Crippen LogP) is 4.25. The molecule has 0 aliphatic carbocycles. The molecule has 134 valence electrons. The first-order valence-corrected chi connectivity index (χ1v) is 10.6. The van der Waals surface area contributed by atoms with E-state index in [9.17, 15) is 4.79 Å². The number of morpholine rings is 1. The van der Waals surface area contributed by atoms with Gasteiger partial charge in [0.2, 0.25) is 5.91 Å². The largest absolute Gasteiger partial charge is 0.378 e. The number of para-hydroxylation sites is 1. The normalized spacial score (nSPS) is 18.0. The Labute approximate surface area is 162 Å². The smallest absolute Gasteiger partial charge is 0.240 e. The lowest BCUT2D eigenvalue weighted by molar-refractivity contribution is -0.134. The zero-order valence-electron chi connectivity index (χ0n) is 14.3. The molecule has 26 heavy (non-hydrogen) atoms. The first-order chi connectivity index (χ1) is 12.8. The Morgan fingerprint density at radius 1 is 1.08 bits per heavy atom. The number of benzene rings is 2. The highest BCUT2D eigenvalue weighted by Gasteiger charge is 2.30. The van der Waals surface area contributed by atoms with Crippen molar-refractivity contribution in [3.8, 4) is 0 Å². The van der Waals surface area contributed by atoms with Gasteiger partial charge in [-0.3, -0.25) is 4.79 Å². The molecule has 2 heterocycles. The minimum atomic E-state index is -0.272. The van der Waals surface area contributed by atoms with E-state index < -0.39 is 0 Å². The molecule has 2 aromatic carbocycles. The Morgan fingerprint density at radius 2 is 1.81 bits per heavy atom. The number of thioether (sulfide) groups is 2. The molecular weight excluding hydrogens is 364 g/mol. The van der Waals surface area contributed by atoms with Gasteiger partial charge in [0.05, 0.1) is 18.9 Å². The second-order valence-corrected chi connectivity index (χ2v) is 8.46. The molecule has 0 radical (unpaired) electrons. The van der Waals surface area contributed by atoms with Crippen LogP contribution in [0.5, 0.6) is 0 Å². The van der Waals surface area contributed by atoms with Crippen LogP contribution in [0.3, 0.4) is 0 Å². The summed E-state index contributed by atoms with van der Waals surface area (Å²) in [5.74, 6) is 1.04. The molecule has 0 spiro atoms. The Hall–Kier alpha value is -1.76. The zero-order chi connectivity index (χ0) is 17.8. The van der Waals surface area contributed by atoms with Crippen molar-refractivity contribution in [3.63, 3.8) is 0 Å². The number of nitrogens with zero attached hydrogens (tertiary/aromatic N) is 2. The quantitative estimate of drug-likeness (QED) is 0.793. The number of rotatable bonds is 3. The Balaban J connectivity index is 1.59. The van der Waals surface area contributed by atoms with E-state index in [1.54, 1.807) is 23.5 Å². The number of carbonyl (C=O) groups is 1. The van der Waals surface area contributed by atoms with Crippen molar-refractivity contribution >= 4 is 39.5 Å². The van der Waals surface area contributed by atoms with E-state index in [0.29, 0.717) is 26.3 Å². The average molecular weight is 385 g/mol. The highest BCUT2D eigenvalue weighted by Crippen LogP contribution is 2.41. The topological polar surface area (TPSA) is 41.9 Å². The fraction of sp³-hybridized carbons (Fsp3) is 0.300. The fourth-order valence-electron chi connectivity index (χ4n) is 3.01. The molecule has 1 fully saturated rings. The van der Waals surface area contributed by atoms with Gasteiger partial charge in [0.15, 0.2) is 0 Å². The van der Waals surface area contributed by atoms with Gasteiger partial charge in [-0.15, -0.1) is 0 Å². The summed E-state index contributed by atoms with van der Waals surface area (Å²) in [4.78, 5) is 19.9. The van der Waals surface area contributed by atoms with Gasteiger partial charge in [0, 0.05) is 18.8 Å². The van der Waals surface area contributed by atoms with E-state index >= 15 is 0 Å². The maximum Gasteiger partial charge on any atom is 0.240 e. The number of fused-ring (bicyclic) bond motifs is 1. The third kappa shape index (κ3) is 3.98. The molecule has 0 N–H and O–H groups in total.